The Morgan fingerprint density at radius 2 is 1.61 bits per heavy atom. The number of nitrogens with one attached hydrogen (secondary N) is 1. The summed E-state index contributed by atoms with van der Waals surface area (Å²) in [4.78, 5) is 52.0. The van der Waals surface area contributed by atoms with E-state index in [4.69, 9.17) is 4.74 Å². The third kappa shape index (κ3) is 7.25. The molecule has 3 aromatic carbocycles. The fourth-order valence-corrected chi connectivity index (χ4v) is 5.45. The first-order valence-electron chi connectivity index (χ1n) is 15.5. The van der Waals surface area contributed by atoms with Crippen LogP contribution in [0.25, 0.3) is 11.4 Å². The molecule has 5 rings (SSSR count). The molecule has 228 valence electrons. The lowest BCUT2D eigenvalue weighted by atomic mass is 9.97. The van der Waals surface area contributed by atoms with Gasteiger partial charge >= 0.3 is 5.97 Å². The molecule has 44 heavy (non-hydrogen) atoms. The molecule has 4 aromatic rings. The van der Waals surface area contributed by atoms with Crippen LogP contribution in [0.5, 0.6) is 0 Å². The summed E-state index contributed by atoms with van der Waals surface area (Å²) in [5.74, 6) is -0.420. The Kier molecular flexibility index (Phi) is 10.2. The lowest BCUT2D eigenvalue weighted by Gasteiger charge is -2.29. The van der Waals surface area contributed by atoms with E-state index in [-0.39, 0.29) is 24.0 Å². The number of nitrogens with zero attached hydrogens (tertiary/aromatic N) is 3. The van der Waals surface area contributed by atoms with E-state index in [1.54, 1.807) is 23.1 Å². The van der Waals surface area contributed by atoms with E-state index in [1.807, 2.05) is 53.4 Å². The van der Waals surface area contributed by atoms with Crippen molar-refractivity contribution < 1.29 is 19.1 Å². The Morgan fingerprint density at radius 3 is 2.34 bits per heavy atom. The minimum Gasteiger partial charge on any atom is -0.457 e. The van der Waals surface area contributed by atoms with Crippen LogP contribution < -0.4 is 0 Å². The minimum absolute atomic E-state index is 0.104. The van der Waals surface area contributed by atoms with E-state index < -0.39 is 5.97 Å². The number of unbranched alkanes of at least 4 members (excludes halogenated alkanes) is 2. The van der Waals surface area contributed by atoms with Crippen molar-refractivity contribution >= 4 is 17.8 Å². The number of aromatic nitrogens is 2. The molecule has 1 aliphatic rings. The van der Waals surface area contributed by atoms with Crippen LogP contribution in [0, 0.1) is 0 Å². The fraction of sp³-hybridized carbons (Fsp3) is 0.333. The molecule has 8 heteroatoms. The molecule has 0 radical (unpaired) electrons. The number of ether oxygens (including phenoxy) is 1. The van der Waals surface area contributed by atoms with Gasteiger partial charge in [0.15, 0.2) is 0 Å². The second-order valence-electron chi connectivity index (χ2n) is 11.2. The van der Waals surface area contributed by atoms with Gasteiger partial charge in [0.2, 0.25) is 0 Å². The van der Waals surface area contributed by atoms with Crippen LogP contribution in [0.15, 0.2) is 79.0 Å². The van der Waals surface area contributed by atoms with Crippen LogP contribution in [0.1, 0.15) is 87.4 Å². The molecule has 0 saturated carbocycles. The maximum absolute atomic E-state index is 14.1. The van der Waals surface area contributed by atoms with Crippen molar-refractivity contribution in [2.24, 2.45) is 0 Å². The molecule has 0 spiro atoms. The number of H-pyrrole nitrogens is 1. The van der Waals surface area contributed by atoms with E-state index in [0.29, 0.717) is 48.8 Å². The average Bonchev–Trinajstić information content (AvgIpc) is 3.57. The number of imidazole rings is 1. The predicted octanol–water partition coefficient (Wildman–Crippen LogP) is 6.67. The Balaban J connectivity index is 1.44. The molecular weight excluding hydrogens is 552 g/mol. The number of carbonyl (C=O) groups excluding carboxylic acids is 3. The van der Waals surface area contributed by atoms with Crippen LogP contribution in [0.2, 0.25) is 0 Å². The highest BCUT2D eigenvalue weighted by Crippen LogP contribution is 2.28. The van der Waals surface area contributed by atoms with Gasteiger partial charge in [-0.1, -0.05) is 81.3 Å². The van der Waals surface area contributed by atoms with E-state index >= 15 is 0 Å². The standard InChI is InChI=1S/C36H40N4O4/c1-3-5-19-39(20-6-4-2)35(42)32-23-37-33(38-32)30-17-16-28(36(43)44-25-26-12-8-7-9-13-26)22-31(30)34(41)40-21-18-27-14-10-11-15-29(27)24-40/h7-17,22-23H,3-6,18-21,24-25H2,1-2H3,(H,37,38). The van der Waals surface area contributed by atoms with Crippen molar-refractivity contribution in [2.45, 2.75) is 59.1 Å². The zero-order valence-corrected chi connectivity index (χ0v) is 25.6. The number of fused-ring (bicyclic) bond motifs is 1. The van der Waals surface area contributed by atoms with Gasteiger partial charge in [0, 0.05) is 31.7 Å². The summed E-state index contributed by atoms with van der Waals surface area (Å²) >= 11 is 0. The largest absolute Gasteiger partial charge is 0.457 e. The number of benzene rings is 3. The SMILES string of the molecule is CCCCN(CCCC)C(=O)c1cnc(-c2ccc(C(=O)OCc3ccccc3)cc2C(=O)N2CCc3ccccc3C2)[nH]1. The number of esters is 1. The Morgan fingerprint density at radius 1 is 0.909 bits per heavy atom. The minimum atomic E-state index is -0.517. The van der Waals surface area contributed by atoms with Gasteiger partial charge in [0.25, 0.3) is 11.8 Å². The molecule has 1 N–H and O–H groups in total. The smallest absolute Gasteiger partial charge is 0.338 e. The highest BCUT2D eigenvalue weighted by atomic mass is 16.5. The highest BCUT2D eigenvalue weighted by Gasteiger charge is 2.27. The third-order valence-electron chi connectivity index (χ3n) is 8.03. The van der Waals surface area contributed by atoms with E-state index in [0.717, 1.165) is 43.2 Å². The second kappa shape index (κ2) is 14.6. The lowest BCUT2D eigenvalue weighted by Crippen LogP contribution is -2.36. The van der Waals surface area contributed by atoms with Crippen molar-refractivity contribution in [3.8, 4) is 11.4 Å². The van der Waals surface area contributed by atoms with Crippen molar-refractivity contribution in [3.63, 3.8) is 0 Å². The molecule has 0 fully saturated rings. The van der Waals surface area contributed by atoms with Gasteiger partial charge in [-0.15, -0.1) is 0 Å². The third-order valence-corrected chi connectivity index (χ3v) is 8.03. The van der Waals surface area contributed by atoms with Crippen LogP contribution in [0.4, 0.5) is 0 Å². The van der Waals surface area contributed by atoms with Crippen LogP contribution >= 0.6 is 0 Å². The number of hydrogen-bond acceptors (Lipinski definition) is 5. The molecule has 0 atom stereocenters. The molecule has 0 aliphatic carbocycles. The summed E-state index contributed by atoms with van der Waals surface area (Å²) in [6.07, 6.45) is 6.13. The highest BCUT2D eigenvalue weighted by molar-refractivity contribution is 6.03. The number of rotatable bonds is 12. The number of aromatic amines is 1. The van der Waals surface area contributed by atoms with Gasteiger partial charge in [-0.25, -0.2) is 9.78 Å². The maximum atomic E-state index is 14.1. The molecule has 1 aromatic heterocycles. The fourth-order valence-electron chi connectivity index (χ4n) is 5.45. The lowest BCUT2D eigenvalue weighted by molar-refractivity contribution is 0.0472. The van der Waals surface area contributed by atoms with E-state index in [1.165, 1.54) is 11.8 Å². The summed E-state index contributed by atoms with van der Waals surface area (Å²) in [5, 5.41) is 0. The molecule has 2 amide bonds. The Hall–Kier alpha value is -4.72. The summed E-state index contributed by atoms with van der Waals surface area (Å²) in [6.45, 7) is 6.75. The molecule has 2 heterocycles. The van der Waals surface area contributed by atoms with E-state index in [2.05, 4.69) is 29.9 Å². The van der Waals surface area contributed by atoms with Gasteiger partial charge in [-0.05, 0) is 54.2 Å². The quantitative estimate of drug-likeness (QED) is 0.185. The van der Waals surface area contributed by atoms with Gasteiger partial charge in [-0.2, -0.15) is 0 Å². The maximum Gasteiger partial charge on any atom is 0.338 e. The molecular formula is C36H40N4O4. The number of carbonyl (C=O) groups is 3. The summed E-state index contributed by atoms with van der Waals surface area (Å²) in [7, 11) is 0. The topological polar surface area (TPSA) is 95.6 Å². The van der Waals surface area contributed by atoms with Gasteiger partial charge in [-0.3, -0.25) is 9.59 Å². The van der Waals surface area contributed by atoms with Crippen molar-refractivity contribution in [3.05, 3.63) is 113 Å². The molecule has 1 aliphatic heterocycles. The van der Waals surface area contributed by atoms with Gasteiger partial charge in [0.1, 0.15) is 18.1 Å². The first kappa shape index (κ1) is 30.7. The van der Waals surface area contributed by atoms with Crippen LogP contribution in [-0.4, -0.2) is 57.2 Å². The van der Waals surface area contributed by atoms with Crippen molar-refractivity contribution in [1.29, 1.82) is 0 Å². The Labute approximate surface area is 259 Å². The first-order chi connectivity index (χ1) is 21.5. The normalized spacial score (nSPS) is 12.5. The molecule has 0 saturated heterocycles. The monoisotopic (exact) mass is 592 g/mol. The van der Waals surface area contributed by atoms with Gasteiger partial charge < -0.3 is 19.5 Å². The van der Waals surface area contributed by atoms with Gasteiger partial charge in [0.05, 0.1) is 17.3 Å². The first-order valence-corrected chi connectivity index (χ1v) is 15.5. The summed E-state index contributed by atoms with van der Waals surface area (Å²) in [6, 6.07) is 22.5. The second-order valence-corrected chi connectivity index (χ2v) is 11.2. The summed E-state index contributed by atoms with van der Waals surface area (Å²) < 4.78 is 5.58. The Bertz CT molecular complexity index is 1590. The molecule has 0 bridgehead atoms. The molecule has 0 unspecified atom stereocenters. The zero-order valence-electron chi connectivity index (χ0n) is 25.6. The summed E-state index contributed by atoms with van der Waals surface area (Å²) in [5.41, 5.74) is 4.74. The van der Waals surface area contributed by atoms with Crippen LogP contribution in [-0.2, 0) is 24.3 Å². The van der Waals surface area contributed by atoms with Crippen molar-refractivity contribution in [2.75, 3.05) is 19.6 Å². The predicted molar refractivity (Wildman–Crippen MR) is 170 cm³/mol. The van der Waals surface area contributed by atoms with Crippen LogP contribution in [0.3, 0.4) is 0 Å². The number of amides is 2. The number of hydrogen-bond donors (Lipinski definition) is 1. The van der Waals surface area contributed by atoms with Crippen molar-refractivity contribution in [1.82, 2.24) is 19.8 Å². The molecule has 8 nitrogen and oxygen atoms in total. The zero-order chi connectivity index (χ0) is 30.9. The average molecular weight is 593 g/mol. The van der Waals surface area contributed by atoms with E-state index in [9.17, 15) is 14.4 Å².